The topological polar surface area (TPSA) is 17.1 Å². The molecule has 0 amide bonds. The maximum atomic E-state index is 12.3. The Morgan fingerprint density at radius 3 is 2.27 bits per heavy atom. The van der Waals surface area contributed by atoms with E-state index < -0.39 is 5.41 Å². The molecule has 0 saturated carbocycles. The number of halogens is 1. The first-order valence-corrected chi connectivity index (χ1v) is 7.71. The van der Waals surface area contributed by atoms with Gasteiger partial charge >= 0.3 is 0 Å². The van der Waals surface area contributed by atoms with Crippen molar-refractivity contribution in [2.45, 2.75) is 18.8 Å². The Morgan fingerprint density at radius 1 is 0.909 bits per heavy atom. The number of fused-ring (bicyclic) bond motifs is 1. The summed E-state index contributed by atoms with van der Waals surface area (Å²) in [5.74, 6) is 0. The molecule has 22 heavy (non-hydrogen) atoms. The zero-order valence-electron chi connectivity index (χ0n) is 12.4. The third kappa shape index (κ3) is 2.65. The van der Waals surface area contributed by atoms with Gasteiger partial charge in [-0.25, -0.2) is 0 Å². The van der Waals surface area contributed by atoms with Crippen LogP contribution in [0.3, 0.4) is 0 Å². The normalized spacial score (nSPS) is 13.7. The molecule has 1 nitrogen and oxygen atoms in total. The highest BCUT2D eigenvalue weighted by molar-refractivity contribution is 6.65. The second kappa shape index (κ2) is 5.94. The molecule has 0 aromatic heterocycles. The summed E-state index contributed by atoms with van der Waals surface area (Å²) in [4.78, 5) is 12.3. The fraction of sp³-hybridized carbons (Fsp3) is 0.150. The number of carbonyl (C=O) groups is 1. The Labute approximate surface area is 135 Å². The monoisotopic (exact) mass is 308 g/mol. The van der Waals surface area contributed by atoms with Crippen LogP contribution in [0.2, 0.25) is 0 Å². The molecule has 0 bridgehead atoms. The third-order valence-electron chi connectivity index (χ3n) is 4.22. The zero-order valence-corrected chi connectivity index (χ0v) is 13.2. The van der Waals surface area contributed by atoms with E-state index >= 15 is 0 Å². The zero-order chi connectivity index (χ0) is 15.6. The van der Waals surface area contributed by atoms with Gasteiger partial charge in [0, 0.05) is 0 Å². The first-order chi connectivity index (χ1) is 10.6. The van der Waals surface area contributed by atoms with Crippen LogP contribution in [0, 0.1) is 0 Å². The van der Waals surface area contributed by atoms with E-state index in [1.54, 1.807) is 0 Å². The predicted octanol–water partition coefficient (Wildman–Crippen LogP) is 5.11. The van der Waals surface area contributed by atoms with Gasteiger partial charge in [-0.3, -0.25) is 4.79 Å². The van der Waals surface area contributed by atoms with Gasteiger partial charge in [-0.05, 0) is 46.8 Å². The van der Waals surface area contributed by atoms with Crippen LogP contribution >= 0.6 is 11.6 Å². The minimum atomic E-state index is -0.746. The largest absolute Gasteiger partial charge is 0.280 e. The van der Waals surface area contributed by atoms with E-state index in [4.69, 9.17) is 11.6 Å². The molecule has 0 spiro atoms. The van der Waals surface area contributed by atoms with Gasteiger partial charge in [0.05, 0.1) is 5.41 Å². The average Bonchev–Trinajstić information content (AvgIpc) is 2.55. The number of rotatable bonds is 4. The van der Waals surface area contributed by atoms with Crippen LogP contribution in [0.15, 0.2) is 72.8 Å². The quantitative estimate of drug-likeness (QED) is 0.612. The molecular formula is C20H17ClO. The summed E-state index contributed by atoms with van der Waals surface area (Å²) in [5, 5.41) is 1.88. The van der Waals surface area contributed by atoms with E-state index in [9.17, 15) is 4.79 Å². The van der Waals surface area contributed by atoms with Crippen LogP contribution in [0.1, 0.15) is 18.1 Å². The molecule has 110 valence electrons. The van der Waals surface area contributed by atoms with Gasteiger partial charge in [0.15, 0.2) is 0 Å². The molecule has 2 heteroatoms. The van der Waals surface area contributed by atoms with Gasteiger partial charge in [0.2, 0.25) is 5.24 Å². The highest BCUT2D eigenvalue weighted by atomic mass is 35.5. The highest BCUT2D eigenvalue weighted by Gasteiger charge is 2.35. The lowest BCUT2D eigenvalue weighted by Crippen LogP contribution is -2.32. The first-order valence-electron chi connectivity index (χ1n) is 7.33. The van der Waals surface area contributed by atoms with Crippen molar-refractivity contribution in [2.75, 3.05) is 0 Å². The summed E-state index contributed by atoms with van der Waals surface area (Å²) in [6.45, 7) is 1.93. The first kappa shape index (κ1) is 14.8. The van der Waals surface area contributed by atoms with Crippen LogP contribution in [-0.4, -0.2) is 5.24 Å². The van der Waals surface area contributed by atoms with Gasteiger partial charge in [-0.15, -0.1) is 0 Å². The fourth-order valence-corrected chi connectivity index (χ4v) is 3.15. The molecule has 0 heterocycles. The van der Waals surface area contributed by atoms with Crippen molar-refractivity contribution in [3.05, 3.63) is 83.9 Å². The van der Waals surface area contributed by atoms with E-state index in [1.165, 1.54) is 0 Å². The highest BCUT2D eigenvalue weighted by Crippen LogP contribution is 2.35. The Balaban J connectivity index is 2.16. The van der Waals surface area contributed by atoms with Crippen LogP contribution in [0.25, 0.3) is 10.8 Å². The lowest BCUT2D eigenvalue weighted by atomic mass is 9.76. The summed E-state index contributed by atoms with van der Waals surface area (Å²) in [7, 11) is 0. The average molecular weight is 309 g/mol. The summed E-state index contributed by atoms with van der Waals surface area (Å²) in [6, 6.07) is 24.2. The molecule has 0 aliphatic heterocycles. The molecule has 0 radical (unpaired) electrons. The third-order valence-corrected chi connectivity index (χ3v) is 4.64. The molecule has 3 aromatic rings. The van der Waals surface area contributed by atoms with E-state index in [1.807, 2.05) is 67.6 Å². The molecule has 3 rings (SSSR count). The number of carbonyl (C=O) groups excluding carboxylic acids is 1. The molecule has 0 saturated heterocycles. The SMILES string of the molecule is CC(Cc1ccccc1)(C(=O)Cl)c1cccc2ccccc12. The molecular weight excluding hydrogens is 292 g/mol. The Kier molecular flexibility index (Phi) is 4.00. The van der Waals surface area contributed by atoms with Crippen molar-refractivity contribution in [3.8, 4) is 0 Å². The lowest BCUT2D eigenvalue weighted by molar-refractivity contribution is -0.116. The molecule has 0 aliphatic carbocycles. The van der Waals surface area contributed by atoms with Crippen molar-refractivity contribution >= 4 is 27.6 Å². The van der Waals surface area contributed by atoms with Crippen LogP contribution in [-0.2, 0) is 16.6 Å². The summed E-state index contributed by atoms with van der Waals surface area (Å²) in [5.41, 5.74) is 1.34. The van der Waals surface area contributed by atoms with Crippen molar-refractivity contribution in [3.63, 3.8) is 0 Å². The van der Waals surface area contributed by atoms with Crippen LogP contribution in [0.4, 0.5) is 0 Å². The molecule has 0 fully saturated rings. The molecule has 0 N–H and O–H groups in total. The minimum Gasteiger partial charge on any atom is -0.280 e. The molecule has 0 aliphatic rings. The minimum absolute atomic E-state index is 0.326. The fourth-order valence-electron chi connectivity index (χ4n) is 2.98. The van der Waals surface area contributed by atoms with E-state index in [2.05, 4.69) is 12.1 Å². The van der Waals surface area contributed by atoms with Crippen molar-refractivity contribution < 1.29 is 4.79 Å². The summed E-state index contributed by atoms with van der Waals surface area (Å²) in [6.07, 6.45) is 0.587. The lowest BCUT2D eigenvalue weighted by Gasteiger charge is -2.27. The maximum Gasteiger partial charge on any atom is 0.232 e. The van der Waals surface area contributed by atoms with Crippen LogP contribution in [0.5, 0.6) is 0 Å². The van der Waals surface area contributed by atoms with Crippen molar-refractivity contribution in [2.24, 2.45) is 0 Å². The molecule has 1 unspecified atom stereocenters. The van der Waals surface area contributed by atoms with Crippen molar-refractivity contribution in [1.29, 1.82) is 0 Å². The Morgan fingerprint density at radius 2 is 1.55 bits per heavy atom. The second-order valence-corrected chi connectivity index (χ2v) is 6.14. The van der Waals surface area contributed by atoms with Crippen molar-refractivity contribution in [1.82, 2.24) is 0 Å². The number of hydrogen-bond acceptors (Lipinski definition) is 1. The molecule has 3 aromatic carbocycles. The van der Waals surface area contributed by atoms with E-state index in [0.29, 0.717) is 6.42 Å². The van der Waals surface area contributed by atoms with Crippen LogP contribution < -0.4 is 0 Å². The smallest absolute Gasteiger partial charge is 0.232 e. The van der Waals surface area contributed by atoms with E-state index in [-0.39, 0.29) is 5.24 Å². The van der Waals surface area contributed by atoms with Gasteiger partial charge in [-0.2, -0.15) is 0 Å². The standard InChI is InChI=1S/C20H17ClO/c1-20(19(21)22,14-15-8-3-2-4-9-15)18-13-7-11-16-10-5-6-12-17(16)18/h2-13H,14H2,1H3. The van der Waals surface area contributed by atoms with Gasteiger partial charge in [-0.1, -0.05) is 72.8 Å². The number of hydrogen-bond donors (Lipinski definition) is 0. The van der Waals surface area contributed by atoms with Gasteiger partial charge < -0.3 is 0 Å². The number of benzene rings is 3. The summed E-state index contributed by atoms with van der Waals surface area (Å²) >= 11 is 6.03. The predicted molar refractivity (Wildman–Crippen MR) is 92.3 cm³/mol. The second-order valence-electron chi connectivity index (χ2n) is 5.79. The van der Waals surface area contributed by atoms with Gasteiger partial charge in [0.1, 0.15) is 0 Å². The van der Waals surface area contributed by atoms with Gasteiger partial charge in [0.25, 0.3) is 0 Å². The van der Waals surface area contributed by atoms with E-state index in [0.717, 1.165) is 21.9 Å². The Bertz CT molecular complexity index is 805. The molecule has 1 atom stereocenters. The summed E-state index contributed by atoms with van der Waals surface area (Å²) < 4.78 is 0. The Hall–Kier alpha value is -2.12. The maximum absolute atomic E-state index is 12.3.